The maximum atomic E-state index is 14.7. The molecule has 37 heavy (non-hydrogen) atoms. The smallest absolute Gasteiger partial charge is 0.274 e. The molecule has 9 nitrogen and oxygen atoms in total. The van der Waals surface area contributed by atoms with Crippen LogP contribution in [0, 0.1) is 17.5 Å². The molecule has 1 aromatic carbocycles. The summed E-state index contributed by atoms with van der Waals surface area (Å²) in [4.78, 5) is 20.2. The Kier molecular flexibility index (Phi) is 7.33. The zero-order valence-electron chi connectivity index (χ0n) is 19.7. The lowest BCUT2D eigenvalue weighted by molar-refractivity contribution is -0.119. The molecule has 1 amide bonds. The monoisotopic (exact) mass is 536 g/mol. The number of carbonyl (C=O) groups is 1. The van der Waals surface area contributed by atoms with Gasteiger partial charge in [-0.2, -0.15) is 0 Å². The van der Waals surface area contributed by atoms with E-state index in [1.54, 1.807) is 13.0 Å². The van der Waals surface area contributed by atoms with Gasteiger partial charge in [0, 0.05) is 24.1 Å². The highest BCUT2D eigenvalue weighted by Gasteiger charge is 2.35. The molecule has 196 valence electrons. The van der Waals surface area contributed by atoms with Gasteiger partial charge in [0.25, 0.3) is 5.91 Å². The highest BCUT2D eigenvalue weighted by Crippen LogP contribution is 2.35. The van der Waals surface area contributed by atoms with Gasteiger partial charge in [-0.1, -0.05) is 0 Å². The topological polar surface area (TPSA) is 144 Å². The number of sulfone groups is 1. The van der Waals surface area contributed by atoms with Gasteiger partial charge in [0.1, 0.15) is 28.8 Å². The largest absolute Gasteiger partial charge is 0.389 e. The number of carbonyl (C=O) groups excluding carboxylic acids is 1. The number of rotatable bonds is 5. The van der Waals surface area contributed by atoms with Crippen LogP contribution in [0.1, 0.15) is 35.5 Å². The Bertz CT molecular complexity index is 1440. The van der Waals surface area contributed by atoms with Gasteiger partial charge in [-0.3, -0.25) is 9.78 Å². The van der Waals surface area contributed by atoms with E-state index in [0.717, 1.165) is 18.4 Å². The minimum atomic E-state index is -3.93. The lowest BCUT2D eigenvalue weighted by Gasteiger charge is -2.37. The summed E-state index contributed by atoms with van der Waals surface area (Å²) in [7, 11) is -3.93. The van der Waals surface area contributed by atoms with E-state index in [0.29, 0.717) is 17.7 Å². The third-order valence-electron chi connectivity index (χ3n) is 5.99. The van der Waals surface area contributed by atoms with Crippen molar-refractivity contribution in [3.8, 4) is 11.3 Å². The minimum Gasteiger partial charge on any atom is -0.389 e. The van der Waals surface area contributed by atoms with Gasteiger partial charge in [0.05, 0.1) is 40.7 Å². The number of anilines is 1. The highest BCUT2D eigenvalue weighted by molar-refractivity contribution is 7.90. The number of pyridine rings is 2. The Hall–Kier alpha value is -3.39. The molecule has 1 aliphatic heterocycles. The van der Waals surface area contributed by atoms with Crippen molar-refractivity contribution in [3.63, 3.8) is 0 Å². The van der Waals surface area contributed by atoms with Crippen molar-refractivity contribution in [2.75, 3.05) is 11.6 Å². The zero-order chi connectivity index (χ0) is 27.1. The van der Waals surface area contributed by atoms with E-state index in [2.05, 4.69) is 15.3 Å². The number of amides is 1. The molecule has 3 heterocycles. The second-order valence-electron chi connectivity index (χ2n) is 8.70. The quantitative estimate of drug-likeness (QED) is 0.452. The van der Waals surface area contributed by atoms with Gasteiger partial charge in [-0.05, 0) is 43.7 Å². The number of aliphatic hydroxyl groups excluding tert-OH is 1. The van der Waals surface area contributed by atoms with Crippen LogP contribution in [0.5, 0.6) is 0 Å². The van der Waals surface area contributed by atoms with Crippen LogP contribution in [0.3, 0.4) is 0 Å². The average Bonchev–Trinajstić information content (AvgIpc) is 2.82. The van der Waals surface area contributed by atoms with Gasteiger partial charge < -0.3 is 20.9 Å². The van der Waals surface area contributed by atoms with Crippen LogP contribution in [0.15, 0.2) is 47.6 Å². The van der Waals surface area contributed by atoms with Crippen LogP contribution in [0.2, 0.25) is 0 Å². The first-order valence-electron chi connectivity index (χ1n) is 11.1. The molecular formula is C24H23F3N4O5S. The first kappa shape index (κ1) is 26.7. The Morgan fingerprint density at radius 2 is 1.84 bits per heavy atom. The maximum Gasteiger partial charge on any atom is 0.274 e. The number of ether oxygens (including phenoxy) is 1. The number of hydrogen-bond acceptors (Lipinski definition) is 8. The summed E-state index contributed by atoms with van der Waals surface area (Å²) in [6.07, 6.45) is 1.88. The third-order valence-corrected chi connectivity index (χ3v) is 7.09. The Morgan fingerprint density at radius 1 is 1.16 bits per heavy atom. The van der Waals surface area contributed by atoms with E-state index in [-0.39, 0.29) is 17.8 Å². The molecule has 0 bridgehead atoms. The molecule has 1 saturated heterocycles. The van der Waals surface area contributed by atoms with Crippen LogP contribution in [-0.2, 0) is 14.6 Å². The molecule has 4 unspecified atom stereocenters. The van der Waals surface area contributed by atoms with Crippen LogP contribution in [0.25, 0.3) is 11.3 Å². The number of halogens is 3. The van der Waals surface area contributed by atoms with E-state index in [9.17, 15) is 31.5 Å². The van der Waals surface area contributed by atoms with E-state index < -0.39 is 73.7 Å². The van der Waals surface area contributed by atoms with Crippen molar-refractivity contribution in [1.82, 2.24) is 9.97 Å². The summed E-state index contributed by atoms with van der Waals surface area (Å²) >= 11 is 0. The van der Waals surface area contributed by atoms with Crippen molar-refractivity contribution >= 4 is 21.4 Å². The molecule has 4 rings (SSSR count). The number of benzene rings is 1. The summed E-state index contributed by atoms with van der Waals surface area (Å²) in [5, 5.41) is 12.6. The molecule has 0 aliphatic carbocycles. The molecule has 13 heteroatoms. The molecule has 3 aromatic rings. The molecule has 4 atom stereocenters. The Morgan fingerprint density at radius 3 is 2.46 bits per heavy atom. The summed E-state index contributed by atoms with van der Waals surface area (Å²) in [6, 6.07) is 3.99. The molecule has 0 radical (unpaired) electrons. The first-order valence-corrected chi connectivity index (χ1v) is 13.0. The molecule has 4 N–H and O–H groups in total. The number of nitrogens with zero attached hydrogens (tertiary/aromatic N) is 2. The van der Waals surface area contributed by atoms with Gasteiger partial charge >= 0.3 is 0 Å². The summed E-state index contributed by atoms with van der Waals surface area (Å²) < 4.78 is 73.0. The number of nitrogens with one attached hydrogen (secondary N) is 1. The third kappa shape index (κ3) is 5.49. The molecule has 1 aliphatic rings. The van der Waals surface area contributed by atoms with Gasteiger partial charge in [-0.25, -0.2) is 26.6 Å². The average molecular weight is 537 g/mol. The first-order chi connectivity index (χ1) is 17.4. The zero-order valence-corrected chi connectivity index (χ0v) is 20.5. The van der Waals surface area contributed by atoms with Gasteiger partial charge in [0.15, 0.2) is 9.84 Å². The molecule has 1 fully saturated rings. The van der Waals surface area contributed by atoms with Gasteiger partial charge in [0.2, 0.25) is 0 Å². The predicted octanol–water partition coefficient (Wildman–Crippen LogP) is 2.75. The fraction of sp³-hybridized carbons (Fsp3) is 0.292. The minimum absolute atomic E-state index is 0.232. The second kappa shape index (κ2) is 10.2. The predicted molar refractivity (Wildman–Crippen MR) is 127 cm³/mol. The van der Waals surface area contributed by atoms with Crippen LogP contribution < -0.4 is 11.1 Å². The van der Waals surface area contributed by atoms with E-state index >= 15 is 0 Å². The van der Waals surface area contributed by atoms with E-state index in [1.807, 2.05) is 0 Å². The normalized spacial score (nSPS) is 22.0. The maximum absolute atomic E-state index is 14.7. The van der Waals surface area contributed by atoms with Crippen molar-refractivity contribution in [2.24, 2.45) is 5.73 Å². The summed E-state index contributed by atoms with van der Waals surface area (Å²) in [5.41, 5.74) is 4.67. The van der Waals surface area contributed by atoms with Crippen molar-refractivity contribution in [2.45, 2.75) is 42.6 Å². The molecular weight excluding hydrogens is 513 g/mol. The summed E-state index contributed by atoms with van der Waals surface area (Å²) in [6.45, 7) is 1.67. The molecule has 2 aromatic heterocycles. The number of nitrogens with two attached hydrogens (primary N) is 1. The van der Waals surface area contributed by atoms with Gasteiger partial charge in [-0.15, -0.1) is 0 Å². The Labute approximate surface area is 210 Å². The fourth-order valence-electron chi connectivity index (χ4n) is 4.04. The second-order valence-corrected chi connectivity index (χ2v) is 10.7. The van der Waals surface area contributed by atoms with Crippen molar-refractivity contribution < 1.29 is 36.2 Å². The van der Waals surface area contributed by atoms with Crippen molar-refractivity contribution in [1.29, 1.82) is 0 Å². The summed E-state index contributed by atoms with van der Waals surface area (Å²) in [5.74, 6) is -4.68. The molecule has 0 saturated carbocycles. The lowest BCUT2D eigenvalue weighted by Crippen LogP contribution is -2.48. The van der Waals surface area contributed by atoms with Crippen LogP contribution in [0.4, 0.5) is 18.9 Å². The SMILES string of the molecule is CC1OC(c2ccncc2NC(=O)c2ccc(F)c(-c3c(F)cc(S(C)(=O)=O)cc3F)n2)CC(N)C1O. The highest BCUT2D eigenvalue weighted by atomic mass is 32.2. The number of aromatic nitrogens is 2. The standard InChI is InChI=1S/C24H23F3N4O5S/c1-11-23(32)17(28)9-20(36-11)13-5-6-29-10-19(13)31-24(33)18-4-3-14(25)22(30-18)21-15(26)7-12(8-16(21)27)37(2,34)35/h3-8,10-11,17,20,23,32H,9,28H2,1-2H3,(H,31,33). The van der Waals surface area contributed by atoms with E-state index in [4.69, 9.17) is 10.5 Å². The number of aliphatic hydroxyl groups is 1. The molecule has 0 spiro atoms. The van der Waals surface area contributed by atoms with Crippen LogP contribution in [-0.4, -0.2) is 53.9 Å². The number of hydrogen-bond donors (Lipinski definition) is 3. The van der Waals surface area contributed by atoms with Crippen molar-refractivity contribution in [3.05, 3.63) is 71.4 Å². The Balaban J connectivity index is 1.66. The van der Waals surface area contributed by atoms with Crippen LogP contribution >= 0.6 is 0 Å². The lowest BCUT2D eigenvalue weighted by atomic mass is 9.93. The fourth-order valence-corrected chi connectivity index (χ4v) is 4.68. The van der Waals surface area contributed by atoms with E-state index in [1.165, 1.54) is 12.4 Å².